The first kappa shape index (κ1) is 14.6. The van der Waals surface area contributed by atoms with E-state index in [4.69, 9.17) is 4.74 Å². The number of nitro groups is 1. The molecule has 1 fully saturated rings. The Balaban J connectivity index is 2.23. The van der Waals surface area contributed by atoms with E-state index in [0.29, 0.717) is 23.5 Å². The molecule has 0 radical (unpaired) electrons. The van der Waals surface area contributed by atoms with Gasteiger partial charge in [-0.25, -0.2) is 5.01 Å². The van der Waals surface area contributed by atoms with Crippen molar-refractivity contribution in [3.63, 3.8) is 0 Å². The van der Waals surface area contributed by atoms with Gasteiger partial charge in [0.2, 0.25) is 0 Å². The third-order valence-corrected chi connectivity index (χ3v) is 3.79. The first-order valence-electron chi connectivity index (χ1n) is 6.89. The van der Waals surface area contributed by atoms with Gasteiger partial charge >= 0.3 is 0 Å². The first-order chi connectivity index (χ1) is 9.51. The van der Waals surface area contributed by atoms with Gasteiger partial charge in [0, 0.05) is 24.2 Å². The minimum Gasteiger partial charge on any atom is -0.496 e. The van der Waals surface area contributed by atoms with E-state index in [9.17, 15) is 10.1 Å². The van der Waals surface area contributed by atoms with Gasteiger partial charge in [-0.3, -0.25) is 10.1 Å². The van der Waals surface area contributed by atoms with Gasteiger partial charge in [0.05, 0.1) is 23.8 Å². The molecule has 1 aromatic carbocycles. The Kier molecular flexibility index (Phi) is 4.44. The number of piperidine rings is 1. The molecule has 0 aliphatic carbocycles. The van der Waals surface area contributed by atoms with Gasteiger partial charge in [0.15, 0.2) is 0 Å². The molecule has 0 bridgehead atoms. The average molecular weight is 279 g/mol. The van der Waals surface area contributed by atoms with Crippen LogP contribution in [0.1, 0.15) is 33.1 Å². The van der Waals surface area contributed by atoms with E-state index in [2.05, 4.69) is 24.3 Å². The maximum atomic E-state index is 11.0. The molecule has 6 heteroatoms. The molecule has 20 heavy (non-hydrogen) atoms. The molecule has 2 unspecified atom stereocenters. The lowest BCUT2D eigenvalue weighted by atomic mass is 10.00. The van der Waals surface area contributed by atoms with Crippen LogP contribution in [-0.2, 0) is 0 Å². The fraction of sp³-hybridized carbons (Fsp3) is 0.571. The molecular formula is C14H21N3O3. The molecule has 0 saturated carbocycles. The number of anilines is 1. The highest BCUT2D eigenvalue weighted by molar-refractivity contribution is 5.56. The third kappa shape index (κ3) is 3.19. The average Bonchev–Trinajstić information content (AvgIpc) is 2.42. The fourth-order valence-corrected chi connectivity index (χ4v) is 2.66. The van der Waals surface area contributed by atoms with E-state index < -0.39 is 4.92 Å². The highest BCUT2D eigenvalue weighted by Crippen LogP contribution is 2.29. The van der Waals surface area contributed by atoms with Crippen LogP contribution in [0.5, 0.6) is 5.75 Å². The zero-order chi connectivity index (χ0) is 14.7. The van der Waals surface area contributed by atoms with Gasteiger partial charge in [0.25, 0.3) is 5.69 Å². The molecule has 1 heterocycles. The molecule has 1 aromatic rings. The molecule has 6 nitrogen and oxygen atoms in total. The SMILES string of the molecule is COc1cc(NN2C(C)CCCC2C)cc([N+](=O)[O-])c1. The Morgan fingerprint density at radius 1 is 1.30 bits per heavy atom. The van der Waals surface area contributed by atoms with Gasteiger partial charge in [-0.2, -0.15) is 0 Å². The van der Waals surface area contributed by atoms with Crippen molar-refractivity contribution >= 4 is 11.4 Å². The summed E-state index contributed by atoms with van der Waals surface area (Å²) in [5, 5.41) is 13.1. The number of rotatable bonds is 4. The van der Waals surface area contributed by atoms with Crippen molar-refractivity contribution in [2.24, 2.45) is 0 Å². The second-order valence-electron chi connectivity index (χ2n) is 5.32. The van der Waals surface area contributed by atoms with E-state index in [1.807, 2.05) is 0 Å². The van der Waals surface area contributed by atoms with Crippen molar-refractivity contribution < 1.29 is 9.66 Å². The molecule has 2 rings (SSSR count). The molecule has 0 spiro atoms. The number of ether oxygens (including phenoxy) is 1. The maximum Gasteiger partial charge on any atom is 0.275 e. The largest absolute Gasteiger partial charge is 0.496 e. The van der Waals surface area contributed by atoms with Crippen molar-refractivity contribution in [2.75, 3.05) is 12.5 Å². The number of benzene rings is 1. The zero-order valence-corrected chi connectivity index (χ0v) is 12.1. The lowest BCUT2D eigenvalue weighted by Crippen LogP contribution is -2.47. The van der Waals surface area contributed by atoms with Gasteiger partial charge in [-0.15, -0.1) is 0 Å². The van der Waals surface area contributed by atoms with Gasteiger partial charge in [-0.05, 0) is 26.7 Å². The molecule has 110 valence electrons. The zero-order valence-electron chi connectivity index (χ0n) is 12.1. The summed E-state index contributed by atoms with van der Waals surface area (Å²) in [6.07, 6.45) is 3.48. The van der Waals surface area contributed by atoms with Crippen molar-refractivity contribution in [1.29, 1.82) is 0 Å². The second kappa shape index (κ2) is 6.09. The number of hydrogen-bond acceptors (Lipinski definition) is 5. The summed E-state index contributed by atoms with van der Waals surface area (Å²) in [5.41, 5.74) is 4.02. The van der Waals surface area contributed by atoms with Crippen LogP contribution in [0.15, 0.2) is 18.2 Å². The van der Waals surface area contributed by atoms with Gasteiger partial charge in [-0.1, -0.05) is 6.42 Å². The molecule has 2 atom stereocenters. The van der Waals surface area contributed by atoms with E-state index in [-0.39, 0.29) is 5.69 Å². The number of nitrogens with zero attached hydrogens (tertiary/aromatic N) is 2. The minimum atomic E-state index is -0.406. The van der Waals surface area contributed by atoms with Crippen LogP contribution in [-0.4, -0.2) is 29.1 Å². The highest BCUT2D eigenvalue weighted by atomic mass is 16.6. The predicted octanol–water partition coefficient (Wildman–Crippen LogP) is 3.19. The van der Waals surface area contributed by atoms with Crippen molar-refractivity contribution in [3.8, 4) is 5.75 Å². The number of hydrogen-bond donors (Lipinski definition) is 1. The van der Waals surface area contributed by atoms with Crippen molar-refractivity contribution in [1.82, 2.24) is 5.01 Å². The molecule has 0 amide bonds. The second-order valence-corrected chi connectivity index (χ2v) is 5.32. The third-order valence-electron chi connectivity index (χ3n) is 3.79. The van der Waals surface area contributed by atoms with E-state index in [0.717, 1.165) is 12.8 Å². The topological polar surface area (TPSA) is 67.6 Å². The summed E-state index contributed by atoms with van der Waals surface area (Å²) >= 11 is 0. The van der Waals surface area contributed by atoms with E-state index >= 15 is 0 Å². The van der Waals surface area contributed by atoms with Crippen LogP contribution in [0.25, 0.3) is 0 Å². The van der Waals surface area contributed by atoms with Gasteiger partial charge in [0.1, 0.15) is 5.75 Å². The van der Waals surface area contributed by atoms with Crippen LogP contribution in [0.4, 0.5) is 11.4 Å². The number of nitro benzene ring substituents is 1. The first-order valence-corrected chi connectivity index (χ1v) is 6.89. The fourth-order valence-electron chi connectivity index (χ4n) is 2.66. The molecule has 1 saturated heterocycles. The molecule has 1 aliphatic heterocycles. The van der Waals surface area contributed by atoms with Crippen molar-refractivity contribution in [3.05, 3.63) is 28.3 Å². The summed E-state index contributed by atoms with van der Waals surface area (Å²) in [6.45, 7) is 4.33. The Hall–Kier alpha value is -1.82. The predicted molar refractivity (Wildman–Crippen MR) is 77.9 cm³/mol. The molecule has 1 N–H and O–H groups in total. The molecule has 0 aromatic heterocycles. The van der Waals surface area contributed by atoms with Crippen LogP contribution in [0.2, 0.25) is 0 Å². The lowest BCUT2D eigenvalue weighted by Gasteiger charge is -2.39. The standard InChI is InChI=1S/C14H21N3O3/c1-10-5-4-6-11(2)16(10)15-12-7-13(17(18)19)9-14(8-12)20-3/h7-11,15H,4-6H2,1-3H3. The Morgan fingerprint density at radius 3 is 2.50 bits per heavy atom. The normalized spacial score (nSPS) is 23.4. The number of methoxy groups -OCH3 is 1. The Morgan fingerprint density at radius 2 is 1.95 bits per heavy atom. The van der Waals surface area contributed by atoms with Crippen LogP contribution >= 0.6 is 0 Å². The molecular weight excluding hydrogens is 258 g/mol. The lowest BCUT2D eigenvalue weighted by molar-refractivity contribution is -0.384. The van der Waals surface area contributed by atoms with Crippen LogP contribution < -0.4 is 10.2 Å². The maximum absolute atomic E-state index is 11.0. The molecule has 1 aliphatic rings. The summed E-state index contributed by atoms with van der Waals surface area (Å²) in [4.78, 5) is 10.5. The summed E-state index contributed by atoms with van der Waals surface area (Å²) < 4.78 is 5.13. The van der Waals surface area contributed by atoms with Crippen molar-refractivity contribution in [2.45, 2.75) is 45.2 Å². The number of non-ortho nitro benzene ring substituents is 1. The smallest absolute Gasteiger partial charge is 0.275 e. The van der Waals surface area contributed by atoms with Crippen LogP contribution in [0, 0.1) is 10.1 Å². The van der Waals surface area contributed by atoms with Crippen LogP contribution in [0.3, 0.4) is 0 Å². The van der Waals surface area contributed by atoms with Gasteiger partial charge < -0.3 is 10.2 Å². The van der Waals surface area contributed by atoms with E-state index in [1.54, 1.807) is 6.07 Å². The number of hydrazine groups is 1. The summed E-state index contributed by atoms with van der Waals surface area (Å²) in [7, 11) is 1.51. The Bertz CT molecular complexity index is 483. The quantitative estimate of drug-likeness (QED) is 0.677. The summed E-state index contributed by atoms with van der Waals surface area (Å²) in [6, 6.07) is 5.55. The highest BCUT2D eigenvalue weighted by Gasteiger charge is 2.25. The summed E-state index contributed by atoms with van der Waals surface area (Å²) in [5.74, 6) is 0.485. The monoisotopic (exact) mass is 279 g/mol. The van der Waals surface area contributed by atoms with E-state index in [1.165, 1.54) is 25.7 Å². The number of nitrogens with one attached hydrogen (secondary N) is 1. The minimum absolute atomic E-state index is 0.0316. The Labute approximate surface area is 118 Å².